The SMILES string of the molecule is CC.COC(=O)C(CC1CCOCC1)n1ccc(S(=O)(=O)C2CC2)n1. The van der Waals surface area contributed by atoms with E-state index in [-0.39, 0.29) is 10.3 Å². The number of hydrogen-bond donors (Lipinski definition) is 0. The first-order chi connectivity index (χ1) is 12.0. The van der Waals surface area contributed by atoms with Crippen LogP contribution in [0.1, 0.15) is 52.0 Å². The van der Waals surface area contributed by atoms with Crippen LogP contribution in [0.3, 0.4) is 0 Å². The lowest BCUT2D eigenvalue weighted by Gasteiger charge is -2.25. The first kappa shape index (κ1) is 19.9. The maximum Gasteiger partial charge on any atom is 0.330 e. The highest BCUT2D eigenvalue weighted by atomic mass is 32.2. The number of hydrogen-bond acceptors (Lipinski definition) is 6. The number of ether oxygens (including phenoxy) is 2. The van der Waals surface area contributed by atoms with Gasteiger partial charge in [0, 0.05) is 19.4 Å². The Morgan fingerprint density at radius 1 is 1.32 bits per heavy atom. The van der Waals surface area contributed by atoms with Crippen LogP contribution in [0.2, 0.25) is 0 Å². The number of esters is 1. The van der Waals surface area contributed by atoms with E-state index in [0.717, 1.165) is 12.8 Å². The molecule has 0 aromatic carbocycles. The third-order valence-electron chi connectivity index (χ3n) is 4.53. The minimum atomic E-state index is -3.35. The Balaban J connectivity index is 0.00000109. The molecule has 2 fully saturated rings. The first-order valence-electron chi connectivity index (χ1n) is 8.97. The third kappa shape index (κ3) is 4.82. The molecule has 1 aliphatic heterocycles. The molecule has 7 nitrogen and oxygen atoms in total. The lowest BCUT2D eigenvalue weighted by Crippen LogP contribution is -2.27. The van der Waals surface area contributed by atoms with Crippen LogP contribution >= 0.6 is 0 Å². The van der Waals surface area contributed by atoms with Crippen molar-refractivity contribution in [3.8, 4) is 0 Å². The highest BCUT2D eigenvalue weighted by Crippen LogP contribution is 2.33. The summed E-state index contributed by atoms with van der Waals surface area (Å²) in [6.45, 7) is 5.39. The molecule has 25 heavy (non-hydrogen) atoms. The number of nitrogens with zero attached hydrogens (tertiary/aromatic N) is 2. The second-order valence-electron chi connectivity index (χ2n) is 6.21. The van der Waals surface area contributed by atoms with Gasteiger partial charge in [-0.1, -0.05) is 13.8 Å². The van der Waals surface area contributed by atoms with Gasteiger partial charge in [-0.15, -0.1) is 0 Å². The molecule has 0 radical (unpaired) electrons. The van der Waals surface area contributed by atoms with Gasteiger partial charge in [0.15, 0.2) is 14.9 Å². The molecule has 1 saturated carbocycles. The van der Waals surface area contributed by atoms with E-state index in [9.17, 15) is 13.2 Å². The predicted molar refractivity (Wildman–Crippen MR) is 93.0 cm³/mol. The van der Waals surface area contributed by atoms with E-state index in [2.05, 4.69) is 5.10 Å². The third-order valence-corrected chi connectivity index (χ3v) is 6.68. The van der Waals surface area contributed by atoms with E-state index in [1.165, 1.54) is 17.9 Å². The minimum Gasteiger partial charge on any atom is -0.467 e. The molecule has 142 valence electrons. The standard InChI is InChI=1S/C15H22N2O5S.C2H6/c1-21-15(18)13(10-11-5-8-22-9-6-11)17-7-4-14(16-17)23(19,20)12-2-3-12;1-2/h4,7,11-13H,2-3,5-6,8-10H2,1H3;1-2H3. The van der Waals surface area contributed by atoms with E-state index < -0.39 is 21.8 Å². The lowest BCUT2D eigenvalue weighted by atomic mass is 9.92. The summed E-state index contributed by atoms with van der Waals surface area (Å²) in [6.07, 6.45) is 5.32. The molecule has 0 bridgehead atoms. The molecule has 0 N–H and O–H groups in total. The normalized spacial score (nSPS) is 19.6. The highest BCUT2D eigenvalue weighted by Gasteiger charge is 2.39. The second-order valence-corrected chi connectivity index (χ2v) is 8.38. The molecule has 0 spiro atoms. The van der Waals surface area contributed by atoms with Gasteiger partial charge in [-0.05, 0) is 44.1 Å². The van der Waals surface area contributed by atoms with Crippen LogP contribution in [0, 0.1) is 5.92 Å². The summed E-state index contributed by atoms with van der Waals surface area (Å²) >= 11 is 0. The van der Waals surface area contributed by atoms with E-state index in [1.54, 1.807) is 6.20 Å². The van der Waals surface area contributed by atoms with Crippen LogP contribution < -0.4 is 0 Å². The van der Waals surface area contributed by atoms with Gasteiger partial charge in [-0.2, -0.15) is 5.10 Å². The van der Waals surface area contributed by atoms with Gasteiger partial charge in [-0.3, -0.25) is 4.68 Å². The summed E-state index contributed by atoms with van der Waals surface area (Å²) in [5.41, 5.74) is 0. The number of sulfone groups is 1. The zero-order valence-corrected chi connectivity index (χ0v) is 16.0. The van der Waals surface area contributed by atoms with Crippen molar-refractivity contribution in [1.29, 1.82) is 0 Å². The Hall–Kier alpha value is -1.41. The van der Waals surface area contributed by atoms with E-state index in [1.807, 2.05) is 13.8 Å². The van der Waals surface area contributed by atoms with E-state index >= 15 is 0 Å². The maximum atomic E-state index is 12.3. The molecular weight excluding hydrogens is 344 g/mol. The molecule has 1 aliphatic carbocycles. The Morgan fingerprint density at radius 3 is 2.52 bits per heavy atom. The Bertz CT molecular complexity index is 660. The summed E-state index contributed by atoms with van der Waals surface area (Å²) in [5, 5.41) is 3.92. The van der Waals surface area contributed by atoms with Crippen LogP contribution in [-0.2, 0) is 24.1 Å². The van der Waals surface area contributed by atoms with Crippen molar-refractivity contribution in [2.24, 2.45) is 5.92 Å². The van der Waals surface area contributed by atoms with Gasteiger partial charge in [-0.25, -0.2) is 13.2 Å². The van der Waals surface area contributed by atoms with E-state index in [0.29, 0.717) is 38.4 Å². The quantitative estimate of drug-likeness (QED) is 0.713. The lowest BCUT2D eigenvalue weighted by molar-refractivity contribution is -0.145. The summed E-state index contributed by atoms with van der Waals surface area (Å²) in [5.74, 6) is -0.0458. The first-order valence-corrected chi connectivity index (χ1v) is 10.5. The van der Waals surface area contributed by atoms with Gasteiger partial charge in [0.05, 0.1) is 12.4 Å². The van der Waals surface area contributed by atoms with Crippen molar-refractivity contribution in [2.45, 2.75) is 62.3 Å². The van der Waals surface area contributed by atoms with Crippen LogP contribution in [0.25, 0.3) is 0 Å². The average Bonchev–Trinajstić information content (AvgIpc) is 3.40. The number of rotatable bonds is 6. The zero-order chi connectivity index (χ0) is 18.4. The van der Waals surface area contributed by atoms with Crippen molar-refractivity contribution < 1.29 is 22.7 Å². The Labute approximate surface area is 149 Å². The van der Waals surface area contributed by atoms with Crippen molar-refractivity contribution in [2.75, 3.05) is 20.3 Å². The molecule has 8 heteroatoms. The van der Waals surface area contributed by atoms with Gasteiger partial charge < -0.3 is 9.47 Å². The molecule has 1 aromatic heterocycles. The molecule has 3 rings (SSSR count). The molecule has 0 amide bonds. The van der Waals surface area contributed by atoms with Gasteiger partial charge in [0.25, 0.3) is 0 Å². The monoisotopic (exact) mass is 372 g/mol. The molecule has 1 atom stereocenters. The average molecular weight is 372 g/mol. The second kappa shape index (κ2) is 8.80. The Morgan fingerprint density at radius 2 is 1.96 bits per heavy atom. The molecule has 2 aliphatic rings. The van der Waals surface area contributed by atoms with Crippen molar-refractivity contribution in [3.63, 3.8) is 0 Å². The summed E-state index contributed by atoms with van der Waals surface area (Å²) in [6, 6.07) is 0.888. The van der Waals surface area contributed by atoms with Crippen molar-refractivity contribution in [1.82, 2.24) is 9.78 Å². The topological polar surface area (TPSA) is 87.5 Å². The molecule has 2 heterocycles. The number of aromatic nitrogens is 2. The molecule has 1 saturated heterocycles. The number of carbonyl (C=O) groups is 1. The molecule has 1 unspecified atom stereocenters. The number of carbonyl (C=O) groups excluding carboxylic acids is 1. The van der Waals surface area contributed by atoms with Crippen LogP contribution in [0.15, 0.2) is 17.3 Å². The zero-order valence-electron chi connectivity index (χ0n) is 15.2. The van der Waals surface area contributed by atoms with Gasteiger partial charge in [0.1, 0.15) is 6.04 Å². The fourth-order valence-corrected chi connectivity index (χ4v) is 4.50. The maximum absolute atomic E-state index is 12.3. The van der Waals surface area contributed by atoms with Crippen molar-refractivity contribution in [3.05, 3.63) is 12.3 Å². The van der Waals surface area contributed by atoms with E-state index in [4.69, 9.17) is 9.47 Å². The molecule has 1 aromatic rings. The molecular formula is C17H28N2O5S. The predicted octanol–water partition coefficient (Wildman–Crippen LogP) is 2.38. The van der Waals surface area contributed by atoms with Gasteiger partial charge >= 0.3 is 5.97 Å². The van der Waals surface area contributed by atoms with Crippen LogP contribution in [0.5, 0.6) is 0 Å². The van der Waals surface area contributed by atoms with Crippen molar-refractivity contribution >= 4 is 15.8 Å². The van der Waals surface area contributed by atoms with Crippen LogP contribution in [0.4, 0.5) is 0 Å². The summed E-state index contributed by atoms with van der Waals surface area (Å²) < 4.78 is 36.2. The fourth-order valence-electron chi connectivity index (χ4n) is 2.94. The smallest absolute Gasteiger partial charge is 0.330 e. The number of methoxy groups -OCH3 is 1. The fraction of sp³-hybridized carbons (Fsp3) is 0.765. The van der Waals surface area contributed by atoms with Gasteiger partial charge in [0.2, 0.25) is 0 Å². The Kier molecular flexibility index (Phi) is 7.01. The van der Waals surface area contributed by atoms with Crippen LogP contribution in [-0.4, -0.2) is 49.7 Å². The largest absolute Gasteiger partial charge is 0.467 e. The minimum absolute atomic E-state index is 0.0564. The summed E-state index contributed by atoms with van der Waals surface area (Å²) in [4.78, 5) is 12.1. The summed E-state index contributed by atoms with van der Waals surface area (Å²) in [7, 11) is -2.01. The highest BCUT2D eigenvalue weighted by molar-refractivity contribution is 7.92.